The number of nitrogen functional groups attached to an aromatic ring is 1. The highest BCUT2D eigenvalue weighted by molar-refractivity contribution is 5.91. The van der Waals surface area contributed by atoms with Crippen LogP contribution in [0.15, 0.2) is 18.2 Å². The maximum atomic E-state index is 13.8. The molecule has 0 aliphatic heterocycles. The number of aldehydes is 1. The van der Waals surface area contributed by atoms with Crippen molar-refractivity contribution in [3.8, 4) is 17.0 Å². The van der Waals surface area contributed by atoms with Gasteiger partial charge < -0.3 is 10.5 Å². The first-order chi connectivity index (χ1) is 10.1. The number of nitrogens with zero attached hydrogens (tertiary/aromatic N) is 2. The quantitative estimate of drug-likeness (QED) is 0.831. The molecule has 0 atom stereocenters. The van der Waals surface area contributed by atoms with Gasteiger partial charge in [-0.2, -0.15) is 5.10 Å². The molecule has 1 aromatic carbocycles. The van der Waals surface area contributed by atoms with Crippen LogP contribution in [0.4, 0.5) is 10.2 Å². The number of nitrogens with two attached hydrogens (primary N) is 1. The van der Waals surface area contributed by atoms with Crippen molar-refractivity contribution in [1.82, 2.24) is 9.78 Å². The first-order valence-electron chi connectivity index (χ1n) is 6.77. The van der Waals surface area contributed by atoms with E-state index in [0.29, 0.717) is 29.9 Å². The van der Waals surface area contributed by atoms with E-state index in [4.69, 9.17) is 10.5 Å². The van der Waals surface area contributed by atoms with Crippen LogP contribution in [0.25, 0.3) is 11.3 Å². The van der Waals surface area contributed by atoms with Crippen LogP contribution >= 0.6 is 0 Å². The Morgan fingerprint density at radius 2 is 2.24 bits per heavy atom. The molecule has 0 saturated carbocycles. The summed E-state index contributed by atoms with van der Waals surface area (Å²) in [4.78, 5) is 11.3. The van der Waals surface area contributed by atoms with Gasteiger partial charge in [-0.3, -0.25) is 4.79 Å². The molecule has 2 aromatic rings. The fraction of sp³-hybridized carbons (Fsp3) is 0.333. The van der Waals surface area contributed by atoms with E-state index in [-0.39, 0.29) is 11.3 Å². The van der Waals surface area contributed by atoms with Gasteiger partial charge in [-0.1, -0.05) is 13.3 Å². The zero-order valence-electron chi connectivity index (χ0n) is 12.1. The minimum Gasteiger partial charge on any atom is -0.494 e. The van der Waals surface area contributed by atoms with Gasteiger partial charge in [0.1, 0.15) is 11.5 Å². The molecule has 1 heterocycles. The molecule has 2 rings (SSSR count). The summed E-state index contributed by atoms with van der Waals surface area (Å²) in [6, 6.07) is 4.44. The minimum atomic E-state index is -0.506. The number of unbranched alkanes of at least 4 members (excludes halogenated alkanes) is 1. The first-order valence-corrected chi connectivity index (χ1v) is 6.77. The van der Waals surface area contributed by atoms with E-state index in [2.05, 4.69) is 12.0 Å². The van der Waals surface area contributed by atoms with Crippen molar-refractivity contribution in [3.05, 3.63) is 29.6 Å². The monoisotopic (exact) mass is 291 g/mol. The zero-order valence-corrected chi connectivity index (χ0v) is 12.1. The lowest BCUT2D eigenvalue weighted by atomic mass is 10.1. The van der Waals surface area contributed by atoms with Crippen molar-refractivity contribution in [3.63, 3.8) is 0 Å². The lowest BCUT2D eigenvalue weighted by molar-refractivity contribution is 0.112. The van der Waals surface area contributed by atoms with Crippen LogP contribution in [0.5, 0.6) is 5.75 Å². The Hall–Kier alpha value is -2.37. The Labute approximate surface area is 122 Å². The van der Waals surface area contributed by atoms with Crippen molar-refractivity contribution >= 4 is 12.1 Å². The van der Waals surface area contributed by atoms with Gasteiger partial charge in [-0.25, -0.2) is 9.07 Å². The second-order valence-electron chi connectivity index (χ2n) is 4.69. The van der Waals surface area contributed by atoms with Gasteiger partial charge in [0, 0.05) is 12.1 Å². The summed E-state index contributed by atoms with van der Waals surface area (Å²) in [5.41, 5.74) is 7.11. The summed E-state index contributed by atoms with van der Waals surface area (Å²) in [6.45, 7) is 2.68. The number of halogens is 1. The molecule has 6 heteroatoms. The van der Waals surface area contributed by atoms with Crippen LogP contribution in [0.2, 0.25) is 0 Å². The van der Waals surface area contributed by atoms with Crippen LogP contribution in [0, 0.1) is 5.82 Å². The van der Waals surface area contributed by atoms with Crippen molar-refractivity contribution in [1.29, 1.82) is 0 Å². The molecular formula is C15H18FN3O2. The number of ether oxygens (including phenoxy) is 1. The maximum absolute atomic E-state index is 13.8. The Bertz CT molecular complexity index is 653. The third-order valence-electron chi connectivity index (χ3n) is 3.30. The molecular weight excluding hydrogens is 273 g/mol. The van der Waals surface area contributed by atoms with E-state index in [0.717, 1.165) is 12.8 Å². The Balaban J connectivity index is 2.47. The van der Waals surface area contributed by atoms with Crippen molar-refractivity contribution in [2.75, 3.05) is 12.8 Å². The second-order valence-corrected chi connectivity index (χ2v) is 4.69. The topological polar surface area (TPSA) is 70.1 Å². The number of methoxy groups -OCH3 is 1. The van der Waals surface area contributed by atoms with Gasteiger partial charge in [-0.15, -0.1) is 0 Å². The third kappa shape index (κ3) is 2.89. The highest BCUT2D eigenvalue weighted by Gasteiger charge is 2.17. The summed E-state index contributed by atoms with van der Waals surface area (Å²) in [5.74, 6) is -0.0528. The van der Waals surface area contributed by atoms with E-state index in [1.165, 1.54) is 19.2 Å². The Morgan fingerprint density at radius 3 is 2.81 bits per heavy atom. The average Bonchev–Trinajstić information content (AvgIpc) is 2.81. The molecule has 5 nitrogen and oxygen atoms in total. The van der Waals surface area contributed by atoms with E-state index < -0.39 is 5.82 Å². The molecule has 1 aromatic heterocycles. The molecule has 0 saturated heterocycles. The first kappa shape index (κ1) is 15.0. The van der Waals surface area contributed by atoms with Gasteiger partial charge >= 0.3 is 0 Å². The minimum absolute atomic E-state index is 0.143. The van der Waals surface area contributed by atoms with E-state index in [9.17, 15) is 9.18 Å². The summed E-state index contributed by atoms with van der Waals surface area (Å²) in [6.07, 6.45) is 2.55. The van der Waals surface area contributed by atoms with E-state index in [1.54, 1.807) is 10.7 Å². The molecule has 0 spiro atoms. The van der Waals surface area contributed by atoms with Crippen LogP contribution in [-0.2, 0) is 6.54 Å². The SMILES string of the molecule is CCCCn1nc(-c2ccc(OC)c(F)c2)c(C=O)c1N. The second kappa shape index (κ2) is 6.39. The van der Waals surface area contributed by atoms with Gasteiger partial charge in [0.25, 0.3) is 0 Å². The number of carbonyl (C=O) groups is 1. The number of anilines is 1. The van der Waals surface area contributed by atoms with Crippen LogP contribution in [0.1, 0.15) is 30.1 Å². The fourth-order valence-electron chi connectivity index (χ4n) is 2.11. The third-order valence-corrected chi connectivity index (χ3v) is 3.30. The van der Waals surface area contributed by atoms with Crippen LogP contribution in [-0.4, -0.2) is 23.2 Å². The summed E-state index contributed by atoms with van der Waals surface area (Å²) in [7, 11) is 1.40. The number of rotatable bonds is 6. The lowest BCUT2D eigenvalue weighted by Crippen LogP contribution is -2.05. The molecule has 2 N–H and O–H groups in total. The van der Waals surface area contributed by atoms with Gasteiger partial charge in [0.2, 0.25) is 0 Å². The highest BCUT2D eigenvalue weighted by atomic mass is 19.1. The predicted octanol–water partition coefficient (Wildman–Crippen LogP) is 2.89. The summed E-state index contributed by atoms with van der Waals surface area (Å²) in [5, 5.41) is 4.34. The highest BCUT2D eigenvalue weighted by Crippen LogP contribution is 2.29. The maximum Gasteiger partial charge on any atom is 0.165 e. The Morgan fingerprint density at radius 1 is 1.48 bits per heavy atom. The van der Waals surface area contributed by atoms with E-state index >= 15 is 0 Å². The van der Waals surface area contributed by atoms with E-state index in [1.807, 2.05) is 0 Å². The fourth-order valence-corrected chi connectivity index (χ4v) is 2.11. The molecule has 0 amide bonds. The molecule has 21 heavy (non-hydrogen) atoms. The molecule has 112 valence electrons. The molecule has 0 fully saturated rings. The van der Waals surface area contributed by atoms with Crippen LogP contribution in [0.3, 0.4) is 0 Å². The Kier molecular flexibility index (Phi) is 4.57. The van der Waals surface area contributed by atoms with Crippen molar-refractivity contribution < 1.29 is 13.9 Å². The predicted molar refractivity (Wildman–Crippen MR) is 78.9 cm³/mol. The number of hydrogen-bond acceptors (Lipinski definition) is 4. The largest absolute Gasteiger partial charge is 0.494 e. The smallest absolute Gasteiger partial charge is 0.165 e. The average molecular weight is 291 g/mol. The summed E-state index contributed by atoms with van der Waals surface area (Å²) < 4.78 is 20.3. The molecule has 0 aliphatic rings. The van der Waals surface area contributed by atoms with Crippen molar-refractivity contribution in [2.24, 2.45) is 0 Å². The number of hydrogen-bond donors (Lipinski definition) is 1. The number of aromatic nitrogens is 2. The van der Waals surface area contributed by atoms with Crippen molar-refractivity contribution in [2.45, 2.75) is 26.3 Å². The van der Waals surface area contributed by atoms with Gasteiger partial charge in [0.05, 0.1) is 12.7 Å². The summed E-state index contributed by atoms with van der Waals surface area (Å²) >= 11 is 0. The molecule has 0 radical (unpaired) electrons. The van der Waals surface area contributed by atoms with Gasteiger partial charge in [-0.05, 0) is 24.6 Å². The standard InChI is InChI=1S/C15H18FN3O2/c1-3-4-7-19-15(17)11(9-20)14(18-19)10-5-6-13(21-2)12(16)8-10/h5-6,8-9H,3-4,7,17H2,1-2H3. The zero-order chi connectivity index (χ0) is 15.4. The number of carbonyl (C=O) groups excluding carboxylic acids is 1. The molecule has 0 unspecified atom stereocenters. The lowest BCUT2D eigenvalue weighted by Gasteiger charge is -2.03. The number of aryl methyl sites for hydroxylation is 1. The number of benzene rings is 1. The molecule has 0 aliphatic carbocycles. The van der Waals surface area contributed by atoms with Crippen LogP contribution < -0.4 is 10.5 Å². The van der Waals surface area contributed by atoms with Gasteiger partial charge in [0.15, 0.2) is 17.9 Å². The normalized spacial score (nSPS) is 10.6. The molecule has 0 bridgehead atoms.